The molecule has 6 nitrogen and oxygen atoms in total. The van der Waals surface area contributed by atoms with Gasteiger partial charge in [-0.15, -0.1) is 0 Å². The van der Waals surface area contributed by atoms with Crippen LogP contribution in [0.3, 0.4) is 0 Å². The molecule has 0 aliphatic rings. The molecule has 0 bridgehead atoms. The molecule has 2 rings (SSSR count). The van der Waals surface area contributed by atoms with Crippen LogP contribution < -0.4 is 10.6 Å². The molecule has 0 aliphatic heterocycles. The van der Waals surface area contributed by atoms with Gasteiger partial charge in [0.1, 0.15) is 6.42 Å². The molecular formula is C29H42N2O4. The largest absolute Gasteiger partial charge is 0.388 e. The lowest BCUT2D eigenvalue weighted by molar-refractivity contribution is -0.133. The first-order valence-corrected chi connectivity index (χ1v) is 12.8. The van der Waals surface area contributed by atoms with E-state index in [-0.39, 0.29) is 6.42 Å². The van der Waals surface area contributed by atoms with E-state index < -0.39 is 35.1 Å². The van der Waals surface area contributed by atoms with Crippen molar-refractivity contribution >= 4 is 11.8 Å². The standard InChI is InChI=1S/C29H42N2O4/c1-5-28(34,6-2)24(19-22-15-11-9-12-16-22)30-26(32)21-27(33)31-25(29(35,7-3)8-4)20-23-17-13-10-14-18-23/h9-18,24-25,34-35H,5-8,19-21H2,1-4H3,(H,30,32)(H,31,33)/t24-,25-/m1/s1. The molecule has 2 amide bonds. The predicted octanol–water partition coefficient (Wildman–Crippen LogP) is 3.93. The van der Waals surface area contributed by atoms with Crippen LogP contribution in [0.4, 0.5) is 0 Å². The SMILES string of the molecule is CCC(O)(CC)[C@@H](Cc1ccccc1)NC(=O)CC(=O)N[C@H](Cc1ccccc1)C(O)(CC)CC. The topological polar surface area (TPSA) is 98.7 Å². The average molecular weight is 483 g/mol. The minimum Gasteiger partial charge on any atom is -0.388 e. The van der Waals surface area contributed by atoms with Crippen LogP contribution in [0.25, 0.3) is 0 Å². The predicted molar refractivity (Wildman–Crippen MR) is 140 cm³/mol. The molecule has 0 fully saturated rings. The molecule has 6 heteroatoms. The zero-order chi connectivity index (χ0) is 25.9. The van der Waals surface area contributed by atoms with Gasteiger partial charge in [-0.3, -0.25) is 9.59 Å². The van der Waals surface area contributed by atoms with Gasteiger partial charge in [0.05, 0.1) is 23.3 Å². The maximum absolute atomic E-state index is 12.9. The number of hydrogen-bond donors (Lipinski definition) is 4. The highest BCUT2D eigenvalue weighted by Gasteiger charge is 2.37. The first-order chi connectivity index (χ1) is 16.7. The number of benzene rings is 2. The second kappa shape index (κ2) is 13.4. The number of nitrogens with one attached hydrogen (secondary N) is 2. The van der Waals surface area contributed by atoms with Gasteiger partial charge in [0.15, 0.2) is 0 Å². The van der Waals surface area contributed by atoms with E-state index in [4.69, 9.17) is 0 Å². The van der Waals surface area contributed by atoms with Gasteiger partial charge in [-0.05, 0) is 49.7 Å². The van der Waals surface area contributed by atoms with Gasteiger partial charge in [0.25, 0.3) is 0 Å². The highest BCUT2D eigenvalue weighted by Crippen LogP contribution is 2.24. The highest BCUT2D eigenvalue weighted by molar-refractivity contribution is 5.97. The van der Waals surface area contributed by atoms with E-state index in [0.29, 0.717) is 38.5 Å². The molecule has 4 N–H and O–H groups in total. The Morgan fingerprint density at radius 1 is 0.657 bits per heavy atom. The Balaban J connectivity index is 2.12. The molecule has 0 saturated heterocycles. The number of aliphatic hydroxyl groups is 2. The van der Waals surface area contributed by atoms with Gasteiger partial charge >= 0.3 is 0 Å². The molecule has 0 saturated carbocycles. The molecule has 0 radical (unpaired) electrons. The van der Waals surface area contributed by atoms with E-state index in [0.717, 1.165) is 11.1 Å². The van der Waals surface area contributed by atoms with Crippen molar-refractivity contribution in [1.29, 1.82) is 0 Å². The van der Waals surface area contributed by atoms with E-state index in [1.807, 2.05) is 88.4 Å². The lowest BCUT2D eigenvalue weighted by Crippen LogP contribution is -2.56. The lowest BCUT2D eigenvalue weighted by Gasteiger charge is -2.36. The fourth-order valence-electron chi connectivity index (χ4n) is 4.57. The Kier molecular flexibility index (Phi) is 10.9. The third-order valence-electron chi connectivity index (χ3n) is 7.30. The Hall–Kier alpha value is -2.70. The number of carbonyl (C=O) groups excluding carboxylic acids is 2. The summed E-state index contributed by atoms with van der Waals surface area (Å²) in [5.41, 5.74) is -0.159. The van der Waals surface area contributed by atoms with Crippen LogP contribution >= 0.6 is 0 Å². The number of hydrogen-bond acceptors (Lipinski definition) is 4. The van der Waals surface area contributed by atoms with Gasteiger partial charge in [-0.2, -0.15) is 0 Å². The van der Waals surface area contributed by atoms with Crippen molar-refractivity contribution in [1.82, 2.24) is 10.6 Å². The van der Waals surface area contributed by atoms with E-state index in [1.165, 1.54) is 0 Å². The Morgan fingerprint density at radius 3 is 1.26 bits per heavy atom. The summed E-state index contributed by atoms with van der Waals surface area (Å²) in [6, 6.07) is 18.3. The minimum absolute atomic E-state index is 0.371. The third-order valence-corrected chi connectivity index (χ3v) is 7.30. The van der Waals surface area contributed by atoms with Crippen molar-refractivity contribution in [2.75, 3.05) is 0 Å². The molecule has 0 aliphatic carbocycles. The zero-order valence-electron chi connectivity index (χ0n) is 21.6. The van der Waals surface area contributed by atoms with Gasteiger partial charge in [0.2, 0.25) is 11.8 Å². The highest BCUT2D eigenvalue weighted by atomic mass is 16.3. The molecule has 35 heavy (non-hydrogen) atoms. The first kappa shape index (κ1) is 28.5. The van der Waals surface area contributed by atoms with Crippen LogP contribution in [0, 0.1) is 0 Å². The summed E-state index contributed by atoms with van der Waals surface area (Å²) in [6.45, 7) is 7.57. The van der Waals surface area contributed by atoms with Crippen LogP contribution in [0.5, 0.6) is 0 Å². The van der Waals surface area contributed by atoms with Crippen LogP contribution in [0.15, 0.2) is 60.7 Å². The number of rotatable bonds is 14. The summed E-state index contributed by atoms with van der Waals surface area (Å²) in [4.78, 5) is 25.8. The Labute approximate surface area is 210 Å². The van der Waals surface area contributed by atoms with Crippen LogP contribution in [0.2, 0.25) is 0 Å². The summed E-state index contributed by atoms with van der Waals surface area (Å²) in [6.07, 6.45) is 2.48. The van der Waals surface area contributed by atoms with E-state index in [2.05, 4.69) is 10.6 Å². The fourth-order valence-corrected chi connectivity index (χ4v) is 4.57. The average Bonchev–Trinajstić information content (AvgIpc) is 2.88. The van der Waals surface area contributed by atoms with E-state index in [9.17, 15) is 19.8 Å². The Morgan fingerprint density at radius 2 is 0.971 bits per heavy atom. The molecular weight excluding hydrogens is 440 g/mol. The molecule has 2 atom stereocenters. The van der Waals surface area contributed by atoms with Crippen LogP contribution in [-0.4, -0.2) is 45.3 Å². The maximum Gasteiger partial charge on any atom is 0.229 e. The molecule has 192 valence electrons. The van der Waals surface area contributed by atoms with Crippen LogP contribution in [-0.2, 0) is 22.4 Å². The van der Waals surface area contributed by atoms with E-state index in [1.54, 1.807) is 0 Å². The lowest BCUT2D eigenvalue weighted by atomic mass is 9.84. The fraction of sp³-hybridized carbons (Fsp3) is 0.517. The molecule has 0 unspecified atom stereocenters. The number of amides is 2. The van der Waals surface area contributed by atoms with Crippen molar-refractivity contribution in [2.24, 2.45) is 0 Å². The molecule has 0 spiro atoms. The summed E-state index contributed by atoms with van der Waals surface area (Å²) in [5, 5.41) is 28.2. The third kappa shape index (κ3) is 8.18. The van der Waals surface area contributed by atoms with Gasteiger partial charge in [-0.1, -0.05) is 88.4 Å². The van der Waals surface area contributed by atoms with Crippen molar-refractivity contribution in [3.05, 3.63) is 71.8 Å². The van der Waals surface area contributed by atoms with Crippen LogP contribution in [0.1, 0.15) is 70.9 Å². The van der Waals surface area contributed by atoms with Gasteiger partial charge < -0.3 is 20.8 Å². The Bertz CT molecular complexity index is 833. The molecule has 0 heterocycles. The quantitative estimate of drug-likeness (QED) is 0.307. The van der Waals surface area contributed by atoms with Crippen molar-refractivity contribution in [3.8, 4) is 0 Å². The summed E-state index contributed by atoms with van der Waals surface area (Å²) < 4.78 is 0. The molecule has 0 aromatic heterocycles. The summed E-state index contributed by atoms with van der Waals surface area (Å²) in [7, 11) is 0. The van der Waals surface area contributed by atoms with Crippen molar-refractivity contribution in [3.63, 3.8) is 0 Å². The number of carbonyl (C=O) groups is 2. The molecule has 2 aromatic carbocycles. The van der Waals surface area contributed by atoms with Gasteiger partial charge in [-0.25, -0.2) is 0 Å². The summed E-state index contributed by atoms with van der Waals surface area (Å²) in [5.74, 6) is -0.891. The van der Waals surface area contributed by atoms with Crippen molar-refractivity contribution in [2.45, 2.75) is 95.9 Å². The first-order valence-electron chi connectivity index (χ1n) is 12.8. The minimum atomic E-state index is -1.08. The van der Waals surface area contributed by atoms with Gasteiger partial charge in [0, 0.05) is 0 Å². The molecule has 2 aromatic rings. The normalized spacial score (nSPS) is 13.7. The van der Waals surface area contributed by atoms with Crippen molar-refractivity contribution < 1.29 is 19.8 Å². The maximum atomic E-state index is 12.9. The van der Waals surface area contributed by atoms with E-state index >= 15 is 0 Å². The second-order valence-electron chi connectivity index (χ2n) is 9.42. The zero-order valence-corrected chi connectivity index (χ0v) is 21.6. The summed E-state index contributed by atoms with van der Waals surface area (Å²) >= 11 is 0. The second-order valence-corrected chi connectivity index (χ2v) is 9.42. The monoisotopic (exact) mass is 482 g/mol. The smallest absolute Gasteiger partial charge is 0.229 e.